The molecule has 0 radical (unpaired) electrons. The number of nitrogens with one attached hydrogen (secondary N) is 4. The predicted molar refractivity (Wildman–Crippen MR) is 274 cm³/mol. The maximum atomic E-state index is 8.85. The van der Waals surface area contributed by atoms with Crippen LogP contribution >= 0.6 is 0 Å². The van der Waals surface area contributed by atoms with Crippen molar-refractivity contribution in [3.05, 3.63) is 0 Å². The first-order chi connectivity index (χ1) is 41.8. The van der Waals surface area contributed by atoms with Crippen LogP contribution in [0.25, 0.3) is 0 Å². The van der Waals surface area contributed by atoms with E-state index in [1.807, 2.05) is 0 Å². The first-order valence-electron chi connectivity index (χ1n) is 30.4. The van der Waals surface area contributed by atoms with Crippen LogP contribution in [0.15, 0.2) is 0 Å². The second-order valence-corrected chi connectivity index (χ2v) is 40.5. The SMILES string of the molecule is C1CCC(NC2CCCCC2)CC1.C1CCC(NC2CCCCC2)CC1.C1CCC(NC2CCCCC2)CC1.C1CCC(NC2CCCCC2)CC1.[O]=[Mo](=[O])([OH])[OH].[O]=[Mo](=[O])([OH])[OH].[O]=[Mo](=[O])([OH])[OH].[O]=[Mo](=[O])([OH])[OH].[O]=[Mo](=[O])([OH])[OH].[O]=[Mo](=[O])([OH])[OH].[O]=[Mo](=[O])([OH])[OH].[O]=[Mo](=[O])([OH])[OH]. The number of hydrogen-bond donors (Lipinski definition) is 20. The third-order valence-corrected chi connectivity index (χ3v) is 14.7. The normalized spacial score (nSPS) is 20.7. The Bertz CT molecular complexity index is 2100. The molecule has 0 bridgehead atoms. The average Bonchev–Trinajstić information content (AvgIpc) is 2.33. The van der Waals surface area contributed by atoms with Crippen LogP contribution in [-0.4, -0.2) is 108 Å². The monoisotopic (exact) mass is 2040 g/mol. The van der Waals surface area contributed by atoms with E-state index >= 15 is 0 Å². The summed E-state index contributed by atoms with van der Waals surface area (Å²) in [4.78, 5) is 0. The molecule has 560 valence electrons. The van der Waals surface area contributed by atoms with Crippen molar-refractivity contribution >= 4 is 0 Å². The van der Waals surface area contributed by atoms with Gasteiger partial charge in [-0.25, -0.2) is 0 Å². The molecule has 44 heteroatoms. The maximum absolute atomic E-state index is 8.85. The molecule has 8 aliphatic rings. The van der Waals surface area contributed by atoms with Gasteiger partial charge >= 0.3 is 248 Å². The average molecular weight is 2020 g/mol. The Hall–Kier alpha value is 1.51. The summed E-state index contributed by atoms with van der Waals surface area (Å²) >= 11 is -44.2. The summed E-state index contributed by atoms with van der Waals surface area (Å²) < 4.78 is 256. The molecule has 0 aromatic rings. The second-order valence-electron chi connectivity index (χ2n) is 22.9. The van der Waals surface area contributed by atoms with Crippen LogP contribution in [0.1, 0.15) is 257 Å². The van der Waals surface area contributed by atoms with E-state index in [9.17, 15) is 0 Å². The molecular weight excluding hydrogens is 1910 g/mol. The molecule has 0 heterocycles. The molecule has 0 aliphatic heterocycles. The fourth-order valence-corrected chi connectivity index (χ4v) is 11.5. The summed E-state index contributed by atoms with van der Waals surface area (Å²) in [5.74, 6) is 0. The van der Waals surface area contributed by atoms with Crippen LogP contribution in [-0.2, 0) is 188 Å². The zero-order valence-electron chi connectivity index (χ0n) is 51.9. The molecule has 0 aromatic carbocycles. The van der Waals surface area contributed by atoms with Crippen molar-refractivity contribution in [2.24, 2.45) is 0 Å². The van der Waals surface area contributed by atoms with E-state index < -0.39 is 134 Å². The first kappa shape index (κ1) is 99.9. The third kappa shape index (κ3) is 113. The molecule has 0 spiro atoms. The summed E-state index contributed by atoms with van der Waals surface area (Å²) in [6, 6.07) is 6.98. The summed E-state index contributed by atoms with van der Waals surface area (Å²) in [6.45, 7) is 0. The Morgan fingerprint density at radius 1 is 0.141 bits per heavy atom. The standard InChI is InChI=1S/4C12H23N.8Mo.16H2O.16O/c4*1-3-7-11(8-4-1)13-12-9-5-2-6-10-12;;;;;;;;;;;;;;;;;;;;;;;;;;;;;;;;;;;;;;;;/h4*11-13H,1-10H2;;;;;;;;;16*1H2;;;;;;;;;;;;;;;;/q;;;;8*+2;;;;;;;;;;;;;;;;;;;;;;;;;;;;;;;;/p-16. The van der Waals surface area contributed by atoms with Gasteiger partial charge in [0.25, 0.3) is 0 Å². The molecule has 8 fully saturated rings. The molecule has 0 unspecified atom stereocenters. The van der Waals surface area contributed by atoms with Gasteiger partial charge in [0.15, 0.2) is 0 Å². The van der Waals surface area contributed by atoms with E-state index in [-0.39, 0.29) is 0 Å². The molecule has 0 aromatic heterocycles. The Kier molecular flexibility index (Phi) is 60.9. The fraction of sp³-hybridized carbons (Fsp3) is 1.00. The van der Waals surface area contributed by atoms with E-state index in [1.54, 1.807) is 0 Å². The Balaban J connectivity index is -0.000000474. The zero-order chi connectivity index (χ0) is 71.7. The second kappa shape index (κ2) is 56.1. The van der Waals surface area contributed by atoms with Crippen LogP contribution in [0.3, 0.4) is 0 Å². The minimum atomic E-state index is -5.52. The van der Waals surface area contributed by atoms with E-state index in [2.05, 4.69) is 21.3 Å². The van der Waals surface area contributed by atoms with Gasteiger partial charge in [-0.2, -0.15) is 0 Å². The van der Waals surface area contributed by atoms with Crippen LogP contribution < -0.4 is 21.3 Å². The van der Waals surface area contributed by atoms with Gasteiger partial charge in [-0.3, -0.25) is 0 Å². The molecule has 92 heavy (non-hydrogen) atoms. The van der Waals surface area contributed by atoms with E-state index in [0.29, 0.717) is 0 Å². The summed E-state index contributed by atoms with van der Waals surface area (Å²) in [5, 5.41) is 15.4. The fourth-order valence-electron chi connectivity index (χ4n) is 11.5. The van der Waals surface area contributed by atoms with E-state index in [4.69, 9.17) is 115 Å². The molecule has 36 nitrogen and oxygen atoms in total. The van der Waals surface area contributed by atoms with Crippen molar-refractivity contribution in [1.29, 1.82) is 0 Å². The van der Waals surface area contributed by atoms with Crippen molar-refractivity contribution in [2.75, 3.05) is 0 Å². The molecule has 0 saturated heterocycles. The van der Waals surface area contributed by atoms with E-state index in [0.717, 1.165) is 48.3 Å². The molecule has 20 N–H and O–H groups in total. The summed E-state index contributed by atoms with van der Waals surface area (Å²) in [6.07, 6.45) is 58.3. The van der Waals surface area contributed by atoms with Gasteiger partial charge in [0.05, 0.1) is 0 Å². The van der Waals surface area contributed by atoms with Gasteiger partial charge in [-0.05, 0) is 103 Å². The van der Waals surface area contributed by atoms with Gasteiger partial charge in [0.1, 0.15) is 0 Å². The number of hydrogen-bond acceptors (Lipinski definition) is 20. The van der Waals surface area contributed by atoms with Gasteiger partial charge < -0.3 is 21.3 Å². The molecule has 8 rings (SSSR count). The molecular formula is C48H108Mo8N4O32. The van der Waals surface area contributed by atoms with Crippen LogP contribution in [0.2, 0.25) is 0 Å². The van der Waals surface area contributed by atoms with Crippen LogP contribution in [0, 0.1) is 0 Å². The van der Waals surface area contributed by atoms with Gasteiger partial charge in [0, 0.05) is 48.3 Å². The van der Waals surface area contributed by atoms with Crippen molar-refractivity contribution in [1.82, 2.24) is 21.3 Å². The van der Waals surface area contributed by atoms with Crippen molar-refractivity contribution in [2.45, 2.75) is 305 Å². The Labute approximate surface area is 568 Å². The zero-order valence-corrected chi connectivity index (χ0v) is 67.9. The Morgan fingerprint density at radius 2 is 0.196 bits per heavy atom. The Morgan fingerprint density at radius 3 is 0.250 bits per heavy atom. The van der Waals surface area contributed by atoms with Gasteiger partial charge in [-0.15, -0.1) is 0 Å². The topological polar surface area (TPSA) is 645 Å². The predicted octanol–water partition coefficient (Wildman–Crippen LogP) is 2.13. The minimum absolute atomic E-state index is 0.872. The first-order valence-corrected chi connectivity index (χ1v) is 57.9. The molecule has 8 aliphatic carbocycles. The summed E-state index contributed by atoms with van der Waals surface area (Å²) in [7, 11) is 0. The van der Waals surface area contributed by atoms with Crippen LogP contribution in [0.5, 0.6) is 0 Å². The van der Waals surface area contributed by atoms with Crippen LogP contribution in [0.4, 0.5) is 0 Å². The third-order valence-electron chi connectivity index (χ3n) is 14.7. The van der Waals surface area contributed by atoms with Crippen molar-refractivity contribution in [3.63, 3.8) is 0 Å². The molecule has 0 atom stereocenters. The molecule has 0 amide bonds. The number of rotatable bonds is 8. The molecule has 8 saturated carbocycles. The van der Waals surface area contributed by atoms with E-state index in [1.165, 1.54) is 257 Å². The van der Waals surface area contributed by atoms with Gasteiger partial charge in [-0.1, -0.05) is 154 Å². The quantitative estimate of drug-likeness (QED) is 0.155. The van der Waals surface area contributed by atoms with Gasteiger partial charge in [0.2, 0.25) is 0 Å². The van der Waals surface area contributed by atoms with Crippen molar-refractivity contribution in [3.8, 4) is 0 Å². The van der Waals surface area contributed by atoms with Crippen molar-refractivity contribution < 1.29 is 248 Å². The summed E-state index contributed by atoms with van der Waals surface area (Å²) in [5.41, 5.74) is 0.